The van der Waals surface area contributed by atoms with Crippen molar-refractivity contribution in [2.24, 2.45) is 14.1 Å². The fourth-order valence-corrected chi connectivity index (χ4v) is 1.10. The summed E-state index contributed by atoms with van der Waals surface area (Å²) < 4.78 is 9.01. The minimum absolute atomic E-state index is 0.727. The van der Waals surface area contributed by atoms with E-state index in [1.165, 1.54) is 0 Å². The molecule has 0 aliphatic heterocycles. The smallest absolute Gasteiger partial charge is 0.356 e. The summed E-state index contributed by atoms with van der Waals surface area (Å²) in [6.45, 7) is 1.56. The predicted molar refractivity (Wildman–Crippen MR) is 47.0 cm³/mol. The van der Waals surface area contributed by atoms with Gasteiger partial charge in [0.2, 0.25) is 0 Å². The normalized spacial score (nSPS) is 10.2. The first-order chi connectivity index (χ1) is 5.75. The van der Waals surface area contributed by atoms with Crippen molar-refractivity contribution in [1.82, 2.24) is 4.57 Å². The zero-order chi connectivity index (χ0) is 8.97. The molecule has 0 aromatic carbocycles. The van der Waals surface area contributed by atoms with Crippen LogP contribution >= 0.6 is 0 Å². The molecule has 4 nitrogen and oxygen atoms in total. The lowest BCUT2D eigenvalue weighted by Crippen LogP contribution is -2.31. The molecule has 0 atom stereocenters. The molecule has 0 bridgehead atoms. The van der Waals surface area contributed by atoms with Crippen molar-refractivity contribution >= 4 is 5.95 Å². The summed E-state index contributed by atoms with van der Waals surface area (Å²) in [6.07, 6.45) is 4.02. The molecular weight excluding hydrogens is 154 g/mol. The predicted octanol–water partition coefficient (Wildman–Crippen LogP) is -0.0921. The zero-order valence-corrected chi connectivity index (χ0v) is 7.87. The lowest BCUT2D eigenvalue weighted by molar-refractivity contribution is -0.656. The molecule has 0 radical (unpaired) electrons. The Morgan fingerprint density at radius 3 is 2.92 bits per heavy atom. The van der Waals surface area contributed by atoms with Crippen molar-refractivity contribution in [3.63, 3.8) is 0 Å². The van der Waals surface area contributed by atoms with Gasteiger partial charge in [-0.2, -0.15) is 0 Å². The second-order valence-corrected chi connectivity index (χ2v) is 2.76. The topological polar surface area (TPSA) is 30.1 Å². The van der Waals surface area contributed by atoms with Gasteiger partial charge in [0.05, 0.1) is 39.6 Å². The van der Waals surface area contributed by atoms with E-state index in [9.17, 15) is 0 Å². The number of nitrogens with one attached hydrogen (secondary N) is 1. The maximum atomic E-state index is 4.94. The first kappa shape index (κ1) is 9.06. The number of rotatable bonds is 4. The van der Waals surface area contributed by atoms with Gasteiger partial charge in [0.15, 0.2) is 0 Å². The van der Waals surface area contributed by atoms with Crippen LogP contribution in [0.1, 0.15) is 0 Å². The van der Waals surface area contributed by atoms with Crippen LogP contribution in [0, 0.1) is 0 Å². The van der Waals surface area contributed by atoms with Gasteiger partial charge in [-0.25, -0.2) is 9.13 Å². The molecule has 1 heterocycles. The Kier molecular flexibility index (Phi) is 3.10. The Bertz CT molecular complexity index is 225. The van der Waals surface area contributed by atoms with Crippen molar-refractivity contribution in [2.75, 3.05) is 25.6 Å². The first-order valence-electron chi connectivity index (χ1n) is 3.99. The number of anilines is 1. The van der Waals surface area contributed by atoms with Gasteiger partial charge in [-0.1, -0.05) is 0 Å². The summed E-state index contributed by atoms with van der Waals surface area (Å²) in [5.74, 6) is 1.09. The van der Waals surface area contributed by atoms with Gasteiger partial charge in [0.25, 0.3) is 0 Å². The summed E-state index contributed by atoms with van der Waals surface area (Å²) in [5.41, 5.74) is 0. The van der Waals surface area contributed by atoms with E-state index in [2.05, 4.69) is 5.32 Å². The molecule has 0 fully saturated rings. The highest BCUT2D eigenvalue weighted by atomic mass is 16.5. The van der Waals surface area contributed by atoms with Crippen LogP contribution in [0.4, 0.5) is 5.95 Å². The Morgan fingerprint density at radius 1 is 1.67 bits per heavy atom. The van der Waals surface area contributed by atoms with Crippen LogP contribution in [0.15, 0.2) is 12.4 Å². The van der Waals surface area contributed by atoms with E-state index in [4.69, 9.17) is 4.74 Å². The van der Waals surface area contributed by atoms with Crippen molar-refractivity contribution < 1.29 is 9.30 Å². The molecule has 12 heavy (non-hydrogen) atoms. The van der Waals surface area contributed by atoms with Crippen LogP contribution in [0.2, 0.25) is 0 Å². The molecule has 0 unspecified atom stereocenters. The third kappa shape index (κ3) is 1.98. The van der Waals surface area contributed by atoms with Gasteiger partial charge in [-0.3, -0.25) is 5.32 Å². The lowest BCUT2D eigenvalue weighted by Gasteiger charge is -2.00. The van der Waals surface area contributed by atoms with Gasteiger partial charge in [-0.05, 0) is 0 Å². The van der Waals surface area contributed by atoms with Crippen LogP contribution < -0.4 is 9.88 Å². The molecule has 0 saturated heterocycles. The van der Waals surface area contributed by atoms with E-state index in [1.54, 1.807) is 7.11 Å². The molecule has 1 aromatic heterocycles. The highest BCUT2D eigenvalue weighted by molar-refractivity contribution is 5.17. The molecule has 1 rings (SSSR count). The number of imidazole rings is 1. The van der Waals surface area contributed by atoms with Crippen LogP contribution in [0.3, 0.4) is 0 Å². The van der Waals surface area contributed by atoms with E-state index < -0.39 is 0 Å². The standard InChI is InChI=1S/C8H15N3O/c1-10-5-6-11(2)8(10)9-4-7-12-3/h5-6H,4,7H2,1-3H3/p+1. The maximum absolute atomic E-state index is 4.94. The molecule has 0 aliphatic rings. The number of hydrogen-bond donors (Lipinski definition) is 1. The quantitative estimate of drug-likeness (QED) is 0.505. The maximum Gasteiger partial charge on any atom is 0.356 e. The Balaban J connectivity index is 2.50. The summed E-state index contributed by atoms with van der Waals surface area (Å²) >= 11 is 0. The van der Waals surface area contributed by atoms with Crippen LogP contribution in [-0.2, 0) is 18.8 Å². The average molecular weight is 170 g/mol. The second-order valence-electron chi connectivity index (χ2n) is 2.76. The molecule has 1 aromatic rings. The molecule has 0 spiro atoms. The fraction of sp³-hybridized carbons (Fsp3) is 0.625. The summed E-state index contributed by atoms with van der Waals surface area (Å²) in [5, 5.41) is 3.26. The number of aryl methyl sites for hydroxylation is 2. The molecule has 0 saturated carbocycles. The highest BCUT2D eigenvalue weighted by Crippen LogP contribution is 1.96. The van der Waals surface area contributed by atoms with E-state index >= 15 is 0 Å². The second kappa shape index (κ2) is 4.11. The van der Waals surface area contributed by atoms with Crippen molar-refractivity contribution in [3.05, 3.63) is 12.4 Å². The van der Waals surface area contributed by atoms with E-state index in [0.29, 0.717) is 0 Å². The summed E-state index contributed by atoms with van der Waals surface area (Å²) in [4.78, 5) is 0. The lowest BCUT2D eigenvalue weighted by atomic mass is 10.7. The third-order valence-corrected chi connectivity index (χ3v) is 1.77. The van der Waals surface area contributed by atoms with Gasteiger partial charge in [-0.15, -0.1) is 0 Å². The SMILES string of the molecule is COCCNc1n(C)cc[n+]1C. The van der Waals surface area contributed by atoms with Gasteiger partial charge in [0.1, 0.15) is 0 Å². The summed E-state index contributed by atoms with van der Waals surface area (Å²) in [7, 11) is 5.72. The average Bonchev–Trinajstić information content (AvgIpc) is 2.35. The van der Waals surface area contributed by atoms with Crippen LogP contribution in [-0.4, -0.2) is 24.8 Å². The third-order valence-electron chi connectivity index (χ3n) is 1.77. The van der Waals surface area contributed by atoms with E-state index in [1.807, 2.05) is 35.6 Å². The van der Waals surface area contributed by atoms with Gasteiger partial charge in [0, 0.05) is 7.11 Å². The van der Waals surface area contributed by atoms with Crippen LogP contribution in [0.5, 0.6) is 0 Å². The Morgan fingerprint density at radius 2 is 2.42 bits per heavy atom. The van der Waals surface area contributed by atoms with Crippen molar-refractivity contribution in [3.8, 4) is 0 Å². The molecule has 68 valence electrons. The first-order valence-corrected chi connectivity index (χ1v) is 3.99. The highest BCUT2D eigenvalue weighted by Gasteiger charge is 2.08. The molecule has 0 aliphatic carbocycles. The van der Waals surface area contributed by atoms with Gasteiger partial charge >= 0.3 is 5.95 Å². The molecule has 4 heteroatoms. The van der Waals surface area contributed by atoms with Crippen molar-refractivity contribution in [2.45, 2.75) is 0 Å². The zero-order valence-electron chi connectivity index (χ0n) is 7.87. The largest absolute Gasteiger partial charge is 0.381 e. The molecule has 0 amide bonds. The Labute approximate surface area is 72.8 Å². The van der Waals surface area contributed by atoms with Crippen LogP contribution in [0.25, 0.3) is 0 Å². The number of ether oxygens (including phenoxy) is 1. The van der Waals surface area contributed by atoms with E-state index in [0.717, 1.165) is 19.1 Å². The monoisotopic (exact) mass is 170 g/mol. The number of nitrogens with zero attached hydrogens (tertiary/aromatic N) is 2. The van der Waals surface area contributed by atoms with E-state index in [-0.39, 0.29) is 0 Å². The number of aromatic nitrogens is 2. The molecular formula is C8H16N3O+. The number of methoxy groups -OCH3 is 1. The fourth-order valence-electron chi connectivity index (χ4n) is 1.10. The van der Waals surface area contributed by atoms with Gasteiger partial charge < -0.3 is 4.74 Å². The summed E-state index contributed by atoms with van der Waals surface area (Å²) in [6, 6.07) is 0. The Hall–Kier alpha value is -1.03. The minimum Gasteiger partial charge on any atom is -0.381 e. The minimum atomic E-state index is 0.727. The molecule has 1 N–H and O–H groups in total. The number of hydrogen-bond acceptors (Lipinski definition) is 2. The van der Waals surface area contributed by atoms with Crippen molar-refractivity contribution in [1.29, 1.82) is 0 Å².